The van der Waals surface area contributed by atoms with Gasteiger partial charge in [0.25, 0.3) is 0 Å². The molecule has 0 unspecified atom stereocenters. The zero-order valence-electron chi connectivity index (χ0n) is 13.2. The van der Waals surface area contributed by atoms with E-state index in [9.17, 15) is 4.79 Å². The van der Waals surface area contributed by atoms with E-state index in [1.54, 1.807) is 4.68 Å². The molecule has 0 radical (unpaired) electrons. The van der Waals surface area contributed by atoms with E-state index in [1.165, 1.54) is 23.7 Å². The summed E-state index contributed by atoms with van der Waals surface area (Å²) in [6, 6.07) is 8.05. The van der Waals surface area contributed by atoms with Crippen LogP contribution in [-0.4, -0.2) is 43.2 Å². The molecule has 0 bridgehead atoms. The molecular formula is C16H16N6OS. The summed E-state index contributed by atoms with van der Waals surface area (Å²) < 4.78 is 1.72. The maximum atomic E-state index is 12.6. The van der Waals surface area contributed by atoms with Crippen molar-refractivity contribution in [3.8, 4) is 0 Å². The second-order valence-electron chi connectivity index (χ2n) is 5.47. The molecule has 2 aromatic heterocycles. The molecule has 0 atom stereocenters. The van der Waals surface area contributed by atoms with Gasteiger partial charge in [-0.2, -0.15) is 0 Å². The summed E-state index contributed by atoms with van der Waals surface area (Å²) in [5, 5.41) is 8.90. The number of carbonyl (C=O) groups is 1. The van der Waals surface area contributed by atoms with Crippen molar-refractivity contribution in [3.05, 3.63) is 36.2 Å². The van der Waals surface area contributed by atoms with Crippen LogP contribution in [-0.2, 0) is 17.8 Å². The van der Waals surface area contributed by atoms with Gasteiger partial charge < -0.3 is 4.90 Å². The van der Waals surface area contributed by atoms with Gasteiger partial charge in [0.05, 0.1) is 5.75 Å². The maximum absolute atomic E-state index is 12.6. The molecule has 3 heterocycles. The van der Waals surface area contributed by atoms with Crippen LogP contribution in [0.1, 0.15) is 12.5 Å². The van der Waals surface area contributed by atoms with Gasteiger partial charge in [-0.25, -0.2) is 14.6 Å². The molecule has 0 saturated carbocycles. The first-order chi connectivity index (χ1) is 11.8. The number of aromatic nitrogens is 5. The normalized spacial score (nSPS) is 13.5. The van der Waals surface area contributed by atoms with E-state index in [-0.39, 0.29) is 5.91 Å². The first kappa shape index (κ1) is 15.1. The van der Waals surface area contributed by atoms with Crippen LogP contribution >= 0.6 is 11.8 Å². The summed E-state index contributed by atoms with van der Waals surface area (Å²) in [4.78, 5) is 22.9. The highest BCUT2D eigenvalue weighted by Crippen LogP contribution is 2.29. The summed E-state index contributed by atoms with van der Waals surface area (Å²) in [7, 11) is 0. The van der Waals surface area contributed by atoms with Crippen LogP contribution in [0.4, 0.5) is 5.69 Å². The van der Waals surface area contributed by atoms with Crippen LogP contribution in [0.5, 0.6) is 0 Å². The number of hydrogen-bond donors (Lipinski definition) is 0. The number of thioether (sulfide) groups is 1. The van der Waals surface area contributed by atoms with Crippen LogP contribution in [0.2, 0.25) is 0 Å². The molecule has 8 heteroatoms. The number of para-hydroxylation sites is 1. The quantitative estimate of drug-likeness (QED) is 0.533. The Morgan fingerprint density at radius 3 is 3.04 bits per heavy atom. The zero-order chi connectivity index (χ0) is 16.5. The van der Waals surface area contributed by atoms with E-state index in [0.717, 1.165) is 18.7 Å². The number of hydrogen-bond acceptors (Lipinski definition) is 6. The Morgan fingerprint density at radius 1 is 1.29 bits per heavy atom. The fourth-order valence-corrected chi connectivity index (χ4v) is 3.70. The molecule has 4 rings (SSSR count). The molecule has 122 valence electrons. The molecule has 7 nitrogen and oxygen atoms in total. The Morgan fingerprint density at radius 2 is 2.17 bits per heavy atom. The Balaban J connectivity index is 1.52. The Hall–Kier alpha value is -2.48. The predicted molar refractivity (Wildman–Crippen MR) is 92.0 cm³/mol. The van der Waals surface area contributed by atoms with Crippen molar-refractivity contribution >= 4 is 34.5 Å². The van der Waals surface area contributed by atoms with Crippen LogP contribution in [0.25, 0.3) is 11.2 Å². The molecule has 1 aliphatic heterocycles. The standard InChI is InChI=1S/C16H16N6OS/c1-2-22-15-14(19-20-22)16(18-10-17-15)24-9-13(23)21-8-7-11-5-3-4-6-12(11)21/h3-6,10H,2,7-9H2,1H3. The third-order valence-corrected chi connectivity index (χ3v) is 5.05. The molecule has 1 aliphatic rings. The van der Waals surface area contributed by atoms with E-state index >= 15 is 0 Å². The lowest BCUT2D eigenvalue weighted by atomic mass is 10.2. The Labute approximate surface area is 143 Å². The SMILES string of the molecule is CCn1nnc2c(SCC(=O)N3CCc4ccccc43)ncnc21. The highest BCUT2D eigenvalue weighted by molar-refractivity contribution is 8.00. The molecule has 1 amide bonds. The second kappa shape index (κ2) is 6.20. The molecular weight excluding hydrogens is 324 g/mol. The van der Waals surface area contributed by atoms with Gasteiger partial charge in [0.2, 0.25) is 5.91 Å². The second-order valence-corrected chi connectivity index (χ2v) is 6.43. The van der Waals surface area contributed by atoms with Crippen LogP contribution in [0.15, 0.2) is 35.6 Å². The van der Waals surface area contributed by atoms with E-state index in [0.29, 0.717) is 28.5 Å². The summed E-state index contributed by atoms with van der Waals surface area (Å²) in [6.45, 7) is 3.42. The van der Waals surface area contributed by atoms with Crippen molar-refractivity contribution in [3.63, 3.8) is 0 Å². The predicted octanol–water partition coefficient (Wildman–Crippen LogP) is 1.92. The number of nitrogens with zero attached hydrogens (tertiary/aromatic N) is 6. The zero-order valence-corrected chi connectivity index (χ0v) is 14.0. The fourth-order valence-electron chi connectivity index (χ4n) is 2.90. The van der Waals surface area contributed by atoms with Crippen molar-refractivity contribution in [1.82, 2.24) is 25.0 Å². The van der Waals surface area contributed by atoms with Crippen LogP contribution < -0.4 is 4.90 Å². The van der Waals surface area contributed by atoms with Gasteiger partial charge in [0.15, 0.2) is 11.2 Å². The largest absolute Gasteiger partial charge is 0.311 e. The van der Waals surface area contributed by atoms with E-state index < -0.39 is 0 Å². The van der Waals surface area contributed by atoms with Crippen molar-refractivity contribution < 1.29 is 4.79 Å². The molecule has 0 aliphatic carbocycles. The average Bonchev–Trinajstić information content (AvgIpc) is 3.23. The van der Waals surface area contributed by atoms with Crippen LogP contribution in [0, 0.1) is 0 Å². The van der Waals surface area contributed by atoms with Crippen molar-refractivity contribution in [1.29, 1.82) is 0 Å². The molecule has 0 saturated heterocycles. The molecule has 1 aromatic carbocycles. The first-order valence-electron chi connectivity index (χ1n) is 7.83. The molecule has 0 spiro atoms. The van der Waals surface area contributed by atoms with E-state index in [1.807, 2.05) is 30.0 Å². The third-order valence-electron chi connectivity index (χ3n) is 4.09. The lowest BCUT2D eigenvalue weighted by molar-refractivity contribution is -0.116. The number of benzene rings is 1. The Bertz CT molecular complexity index is 908. The number of rotatable bonds is 4. The van der Waals surface area contributed by atoms with Gasteiger partial charge in [-0.15, -0.1) is 5.10 Å². The van der Waals surface area contributed by atoms with Crippen molar-refractivity contribution in [2.45, 2.75) is 24.9 Å². The van der Waals surface area contributed by atoms with Gasteiger partial charge in [-0.1, -0.05) is 35.2 Å². The molecule has 0 fully saturated rings. The lowest BCUT2D eigenvalue weighted by Gasteiger charge is -2.16. The van der Waals surface area contributed by atoms with Gasteiger partial charge in [0, 0.05) is 18.8 Å². The molecule has 0 N–H and O–H groups in total. The summed E-state index contributed by atoms with van der Waals surface area (Å²) >= 11 is 1.39. The summed E-state index contributed by atoms with van der Waals surface area (Å²) in [5.74, 6) is 0.402. The molecule has 24 heavy (non-hydrogen) atoms. The van der Waals surface area contributed by atoms with Gasteiger partial charge in [0.1, 0.15) is 11.4 Å². The highest BCUT2D eigenvalue weighted by atomic mass is 32.2. The summed E-state index contributed by atoms with van der Waals surface area (Å²) in [6.07, 6.45) is 2.41. The number of carbonyl (C=O) groups excluding carboxylic acids is 1. The number of fused-ring (bicyclic) bond motifs is 2. The minimum absolute atomic E-state index is 0.0830. The minimum atomic E-state index is 0.0830. The highest BCUT2D eigenvalue weighted by Gasteiger charge is 2.24. The lowest BCUT2D eigenvalue weighted by Crippen LogP contribution is -2.30. The number of anilines is 1. The maximum Gasteiger partial charge on any atom is 0.237 e. The fraction of sp³-hybridized carbons (Fsp3) is 0.312. The van der Waals surface area contributed by atoms with Gasteiger partial charge in [-0.3, -0.25) is 4.79 Å². The smallest absolute Gasteiger partial charge is 0.237 e. The first-order valence-corrected chi connectivity index (χ1v) is 8.81. The number of aryl methyl sites for hydroxylation is 1. The Kier molecular flexibility index (Phi) is 3.89. The van der Waals surface area contributed by atoms with Gasteiger partial charge in [-0.05, 0) is 25.0 Å². The monoisotopic (exact) mass is 340 g/mol. The van der Waals surface area contributed by atoms with Crippen molar-refractivity contribution in [2.75, 3.05) is 17.2 Å². The van der Waals surface area contributed by atoms with E-state index in [2.05, 4.69) is 26.3 Å². The average molecular weight is 340 g/mol. The van der Waals surface area contributed by atoms with E-state index in [4.69, 9.17) is 0 Å². The topological polar surface area (TPSA) is 76.8 Å². The van der Waals surface area contributed by atoms with Crippen molar-refractivity contribution in [2.24, 2.45) is 0 Å². The van der Waals surface area contributed by atoms with Crippen LogP contribution in [0.3, 0.4) is 0 Å². The van der Waals surface area contributed by atoms with Gasteiger partial charge >= 0.3 is 0 Å². The minimum Gasteiger partial charge on any atom is -0.311 e. The summed E-state index contributed by atoms with van der Waals surface area (Å²) in [5.41, 5.74) is 3.60. The number of amides is 1. The molecule has 3 aromatic rings. The third kappa shape index (κ3) is 2.52.